The Balaban J connectivity index is 2.54. The molecule has 0 spiro atoms. The third kappa shape index (κ3) is 4.57. The van der Waals surface area contributed by atoms with Gasteiger partial charge in [-0.2, -0.15) is 0 Å². The van der Waals surface area contributed by atoms with Crippen LogP contribution in [0.4, 0.5) is 0 Å². The fraction of sp³-hybridized carbons (Fsp3) is 1.00. The lowest BCUT2D eigenvalue weighted by Gasteiger charge is -2.36. The Morgan fingerprint density at radius 2 is 1.88 bits per heavy atom. The molecule has 0 heterocycles. The number of hydrogen-bond donors (Lipinski definition) is 2. The highest BCUT2D eigenvalue weighted by molar-refractivity contribution is 4.85. The van der Waals surface area contributed by atoms with E-state index in [2.05, 4.69) is 26.2 Å². The van der Waals surface area contributed by atoms with Crippen LogP contribution in [0.3, 0.4) is 0 Å². The summed E-state index contributed by atoms with van der Waals surface area (Å²) in [6, 6.07) is 0.336. The molecule has 0 aliphatic heterocycles. The van der Waals surface area contributed by atoms with Crippen LogP contribution >= 0.6 is 0 Å². The molecule has 1 saturated carbocycles. The summed E-state index contributed by atoms with van der Waals surface area (Å²) in [5.74, 6) is 7.35. The molecule has 17 heavy (non-hydrogen) atoms. The van der Waals surface area contributed by atoms with Gasteiger partial charge in [-0.05, 0) is 38.0 Å². The first-order chi connectivity index (χ1) is 8.22. The van der Waals surface area contributed by atoms with Crippen molar-refractivity contribution < 1.29 is 4.74 Å². The molecule has 0 aromatic carbocycles. The first-order valence-electron chi connectivity index (χ1n) is 7.30. The molecule has 0 saturated heterocycles. The fourth-order valence-corrected chi connectivity index (χ4v) is 3.06. The van der Waals surface area contributed by atoms with Gasteiger partial charge in [-0.1, -0.05) is 33.1 Å². The van der Waals surface area contributed by atoms with Crippen molar-refractivity contribution in [3.8, 4) is 0 Å². The van der Waals surface area contributed by atoms with Crippen LogP contribution in [0.5, 0.6) is 0 Å². The van der Waals surface area contributed by atoms with E-state index in [0.717, 1.165) is 25.4 Å². The largest absolute Gasteiger partial charge is 0.377 e. The average molecular weight is 242 g/mol. The molecule has 1 aliphatic rings. The van der Waals surface area contributed by atoms with Crippen molar-refractivity contribution in [3.63, 3.8) is 0 Å². The molecule has 2 unspecified atom stereocenters. The van der Waals surface area contributed by atoms with Crippen LogP contribution in [0.2, 0.25) is 0 Å². The first-order valence-corrected chi connectivity index (χ1v) is 7.30. The lowest BCUT2D eigenvalue weighted by atomic mass is 9.77. The van der Waals surface area contributed by atoms with Crippen molar-refractivity contribution in [1.82, 2.24) is 5.43 Å². The number of nitrogens with two attached hydrogens (primary N) is 1. The van der Waals surface area contributed by atoms with E-state index in [-0.39, 0.29) is 6.10 Å². The van der Waals surface area contributed by atoms with Gasteiger partial charge in [0.25, 0.3) is 0 Å². The van der Waals surface area contributed by atoms with E-state index in [4.69, 9.17) is 10.6 Å². The summed E-state index contributed by atoms with van der Waals surface area (Å²) < 4.78 is 5.87. The van der Waals surface area contributed by atoms with Crippen LogP contribution in [0.25, 0.3) is 0 Å². The highest BCUT2D eigenvalue weighted by Crippen LogP contribution is 2.32. The minimum Gasteiger partial charge on any atom is -0.377 e. The second-order valence-electron chi connectivity index (χ2n) is 5.49. The van der Waals surface area contributed by atoms with E-state index in [0.29, 0.717) is 12.0 Å². The van der Waals surface area contributed by atoms with Crippen LogP contribution in [0, 0.1) is 11.8 Å². The predicted molar refractivity (Wildman–Crippen MR) is 72.6 cm³/mol. The van der Waals surface area contributed by atoms with Crippen LogP contribution in [-0.2, 0) is 4.74 Å². The second kappa shape index (κ2) is 8.06. The van der Waals surface area contributed by atoms with Gasteiger partial charge in [-0.15, -0.1) is 0 Å². The van der Waals surface area contributed by atoms with Gasteiger partial charge in [0.05, 0.1) is 12.1 Å². The molecule has 3 nitrogen and oxygen atoms in total. The van der Waals surface area contributed by atoms with Gasteiger partial charge in [0.15, 0.2) is 0 Å². The molecule has 2 atom stereocenters. The van der Waals surface area contributed by atoms with Crippen molar-refractivity contribution in [1.29, 1.82) is 0 Å². The van der Waals surface area contributed by atoms with Gasteiger partial charge in [0.2, 0.25) is 0 Å². The van der Waals surface area contributed by atoms with Crippen LogP contribution in [0.15, 0.2) is 0 Å². The third-order valence-corrected chi connectivity index (χ3v) is 4.12. The van der Waals surface area contributed by atoms with Crippen molar-refractivity contribution >= 4 is 0 Å². The minimum atomic E-state index is 0.286. The van der Waals surface area contributed by atoms with E-state index in [1.807, 2.05) is 0 Å². The van der Waals surface area contributed by atoms with Crippen molar-refractivity contribution in [2.45, 2.75) is 71.4 Å². The smallest absolute Gasteiger partial charge is 0.0743 e. The van der Waals surface area contributed by atoms with Crippen LogP contribution in [-0.4, -0.2) is 18.8 Å². The monoisotopic (exact) mass is 242 g/mol. The first kappa shape index (κ1) is 14.9. The maximum absolute atomic E-state index is 5.87. The summed E-state index contributed by atoms with van der Waals surface area (Å²) in [4.78, 5) is 0. The molecule has 0 amide bonds. The maximum Gasteiger partial charge on any atom is 0.0743 e. The predicted octanol–water partition coefficient (Wildman–Crippen LogP) is 2.85. The molecule has 0 bridgehead atoms. The average Bonchev–Trinajstić information content (AvgIpc) is 2.33. The van der Waals surface area contributed by atoms with E-state index >= 15 is 0 Å². The molecule has 1 aliphatic carbocycles. The molecular formula is C14H30N2O. The number of nitrogens with one attached hydrogen (secondary N) is 1. The van der Waals surface area contributed by atoms with Gasteiger partial charge in [0, 0.05) is 6.61 Å². The van der Waals surface area contributed by atoms with E-state index in [1.54, 1.807) is 0 Å². The quantitative estimate of drug-likeness (QED) is 0.533. The summed E-state index contributed by atoms with van der Waals surface area (Å²) >= 11 is 0. The summed E-state index contributed by atoms with van der Waals surface area (Å²) in [7, 11) is 0. The number of ether oxygens (including phenoxy) is 1. The summed E-state index contributed by atoms with van der Waals surface area (Å²) in [5.41, 5.74) is 3.03. The molecule has 1 fully saturated rings. The van der Waals surface area contributed by atoms with Gasteiger partial charge >= 0.3 is 0 Å². The Morgan fingerprint density at radius 1 is 1.24 bits per heavy atom. The second-order valence-corrected chi connectivity index (χ2v) is 5.49. The van der Waals surface area contributed by atoms with Gasteiger partial charge < -0.3 is 4.74 Å². The zero-order valence-electron chi connectivity index (χ0n) is 11.7. The summed E-state index contributed by atoms with van der Waals surface area (Å²) in [6.07, 6.45) is 7.82. The Kier molecular flexibility index (Phi) is 7.09. The molecule has 0 aromatic rings. The molecule has 0 aromatic heterocycles. The highest BCUT2D eigenvalue weighted by atomic mass is 16.5. The molecule has 3 N–H and O–H groups in total. The van der Waals surface area contributed by atoms with Gasteiger partial charge in [-0.25, -0.2) is 0 Å². The van der Waals surface area contributed by atoms with Crippen LogP contribution in [0.1, 0.15) is 59.3 Å². The standard InChI is InChI=1S/C14H30N2O/c1-4-6-13(17-5-2)14(16-15)12-9-7-11(3)8-10-12/h11-14,16H,4-10,15H2,1-3H3. The summed E-state index contributed by atoms with van der Waals surface area (Å²) in [6.45, 7) is 7.42. The summed E-state index contributed by atoms with van der Waals surface area (Å²) in [5, 5.41) is 0. The lowest BCUT2D eigenvalue weighted by Crippen LogP contribution is -2.50. The minimum absolute atomic E-state index is 0.286. The van der Waals surface area contributed by atoms with E-state index in [1.165, 1.54) is 25.7 Å². The zero-order valence-corrected chi connectivity index (χ0v) is 11.7. The Labute approximate surface area is 106 Å². The van der Waals surface area contributed by atoms with E-state index < -0.39 is 0 Å². The molecular weight excluding hydrogens is 212 g/mol. The normalized spacial score (nSPS) is 28.9. The number of rotatable bonds is 7. The van der Waals surface area contributed by atoms with Gasteiger partial charge in [0.1, 0.15) is 0 Å². The lowest BCUT2D eigenvalue weighted by molar-refractivity contribution is 0.00379. The zero-order chi connectivity index (χ0) is 12.7. The topological polar surface area (TPSA) is 47.3 Å². The Hall–Kier alpha value is -0.120. The Morgan fingerprint density at radius 3 is 2.35 bits per heavy atom. The van der Waals surface area contributed by atoms with E-state index in [9.17, 15) is 0 Å². The SMILES string of the molecule is CCCC(OCC)C(NN)C1CCC(C)CC1. The highest BCUT2D eigenvalue weighted by Gasteiger charge is 2.31. The third-order valence-electron chi connectivity index (χ3n) is 4.12. The molecule has 3 heteroatoms. The molecule has 0 radical (unpaired) electrons. The van der Waals surface area contributed by atoms with Crippen molar-refractivity contribution in [2.24, 2.45) is 17.7 Å². The molecule has 1 rings (SSSR count). The van der Waals surface area contributed by atoms with Crippen molar-refractivity contribution in [2.75, 3.05) is 6.61 Å². The number of hydrazine groups is 1. The van der Waals surface area contributed by atoms with Crippen LogP contribution < -0.4 is 11.3 Å². The Bertz CT molecular complexity index is 185. The van der Waals surface area contributed by atoms with Crippen molar-refractivity contribution in [3.05, 3.63) is 0 Å². The van der Waals surface area contributed by atoms with Gasteiger partial charge in [-0.3, -0.25) is 11.3 Å². The fourth-order valence-electron chi connectivity index (χ4n) is 3.06. The maximum atomic E-state index is 5.87. The molecule has 102 valence electrons. The number of hydrogen-bond acceptors (Lipinski definition) is 3.